The summed E-state index contributed by atoms with van der Waals surface area (Å²) in [6.45, 7) is 6.90. The Hall–Kier alpha value is 0.230. The summed E-state index contributed by atoms with van der Waals surface area (Å²) in [7, 11) is 2.35. The molecule has 0 aromatic heterocycles. The van der Waals surface area contributed by atoms with Gasteiger partial charge in [-0.3, -0.25) is 4.79 Å². The quantitative estimate of drug-likeness (QED) is 0.261. The molecule has 5 nitrogen and oxygen atoms in total. The number of esters is 1. The van der Waals surface area contributed by atoms with Crippen molar-refractivity contribution in [1.29, 1.82) is 0 Å². The molecular formula is C13H30I2O5. The SMILES string of the molecule is CC=O.CCCC=O.CCI.CI.CO.COC(C)=O. The van der Waals surface area contributed by atoms with Gasteiger partial charge in [0.1, 0.15) is 12.6 Å². The number of aliphatic hydroxyl groups is 1. The molecule has 0 aromatic carbocycles. The molecule has 0 spiro atoms. The van der Waals surface area contributed by atoms with Crippen LogP contribution in [-0.2, 0) is 19.1 Å². The van der Waals surface area contributed by atoms with Gasteiger partial charge in [0.2, 0.25) is 0 Å². The number of carbonyl (C=O) groups is 3. The maximum Gasteiger partial charge on any atom is 0.302 e. The van der Waals surface area contributed by atoms with Crippen LogP contribution in [0, 0.1) is 0 Å². The molecule has 7 heteroatoms. The summed E-state index contributed by atoms with van der Waals surface area (Å²) in [5.41, 5.74) is 0. The number of ether oxygens (including phenoxy) is 1. The predicted molar refractivity (Wildman–Crippen MR) is 103 cm³/mol. The molecule has 0 aliphatic heterocycles. The van der Waals surface area contributed by atoms with Crippen molar-refractivity contribution in [3.05, 3.63) is 0 Å². The molecule has 0 aromatic rings. The van der Waals surface area contributed by atoms with E-state index in [1.54, 1.807) is 0 Å². The molecule has 0 atom stereocenters. The maximum absolute atomic E-state index is 9.59. The highest BCUT2D eigenvalue weighted by Gasteiger charge is 1.75. The van der Waals surface area contributed by atoms with Crippen LogP contribution in [0.3, 0.4) is 0 Å². The van der Waals surface area contributed by atoms with E-state index in [0.29, 0.717) is 6.42 Å². The number of aliphatic hydroxyl groups excluding tert-OH is 1. The van der Waals surface area contributed by atoms with Crippen LogP contribution < -0.4 is 0 Å². The number of hydrogen-bond acceptors (Lipinski definition) is 5. The molecular weight excluding hydrogens is 490 g/mol. The van der Waals surface area contributed by atoms with E-state index < -0.39 is 0 Å². The first-order chi connectivity index (χ1) is 9.51. The van der Waals surface area contributed by atoms with E-state index in [-0.39, 0.29) is 5.97 Å². The Kier molecular flexibility index (Phi) is 139. The number of aldehydes is 2. The summed E-state index contributed by atoms with van der Waals surface area (Å²) < 4.78 is 5.33. The highest BCUT2D eigenvalue weighted by atomic mass is 127. The van der Waals surface area contributed by atoms with E-state index in [4.69, 9.17) is 9.90 Å². The van der Waals surface area contributed by atoms with E-state index in [9.17, 15) is 9.59 Å². The molecule has 20 heavy (non-hydrogen) atoms. The third-order valence-corrected chi connectivity index (χ3v) is 0.694. The lowest BCUT2D eigenvalue weighted by Gasteiger charge is -1.80. The Morgan fingerprint density at radius 2 is 1.40 bits per heavy atom. The lowest BCUT2D eigenvalue weighted by Crippen LogP contribution is -1.88. The molecule has 0 bridgehead atoms. The van der Waals surface area contributed by atoms with Crippen LogP contribution >= 0.6 is 45.2 Å². The van der Waals surface area contributed by atoms with E-state index in [0.717, 1.165) is 26.1 Å². The summed E-state index contributed by atoms with van der Waals surface area (Å²) in [5, 5.41) is 7.00. The zero-order chi connectivity index (χ0) is 17.8. The minimum atomic E-state index is -0.245. The summed E-state index contributed by atoms with van der Waals surface area (Å²) in [5.74, 6) is -0.245. The molecule has 0 fully saturated rings. The lowest BCUT2D eigenvalue weighted by atomic mass is 10.4. The van der Waals surface area contributed by atoms with Crippen molar-refractivity contribution in [1.82, 2.24) is 0 Å². The molecule has 0 heterocycles. The van der Waals surface area contributed by atoms with Crippen LogP contribution in [0.2, 0.25) is 0 Å². The Morgan fingerprint density at radius 3 is 1.40 bits per heavy atom. The van der Waals surface area contributed by atoms with Gasteiger partial charge in [-0.1, -0.05) is 59.0 Å². The Bertz CT molecular complexity index is 145. The van der Waals surface area contributed by atoms with Crippen LogP contribution in [0.1, 0.15) is 40.5 Å². The normalized spacial score (nSPS) is 5.70. The van der Waals surface area contributed by atoms with Gasteiger partial charge in [0.15, 0.2) is 0 Å². The van der Waals surface area contributed by atoms with Gasteiger partial charge in [-0.15, -0.1) is 0 Å². The maximum atomic E-state index is 9.59. The molecule has 0 radical (unpaired) electrons. The molecule has 0 saturated carbocycles. The third-order valence-electron chi connectivity index (χ3n) is 0.694. The Morgan fingerprint density at radius 1 is 1.20 bits per heavy atom. The van der Waals surface area contributed by atoms with Crippen molar-refractivity contribution >= 4 is 63.7 Å². The van der Waals surface area contributed by atoms with E-state index in [2.05, 4.69) is 56.8 Å². The van der Waals surface area contributed by atoms with Gasteiger partial charge in [-0.2, -0.15) is 0 Å². The van der Waals surface area contributed by atoms with E-state index in [1.165, 1.54) is 25.4 Å². The number of alkyl halides is 2. The minimum absolute atomic E-state index is 0.245. The van der Waals surface area contributed by atoms with Crippen molar-refractivity contribution in [2.24, 2.45) is 0 Å². The smallest absolute Gasteiger partial charge is 0.302 e. The van der Waals surface area contributed by atoms with Crippen molar-refractivity contribution in [2.75, 3.05) is 23.6 Å². The Labute approximate surface area is 151 Å². The molecule has 0 unspecified atom stereocenters. The third kappa shape index (κ3) is 302. The molecule has 0 rings (SSSR count). The zero-order valence-corrected chi connectivity index (χ0v) is 17.9. The van der Waals surface area contributed by atoms with Crippen molar-refractivity contribution < 1.29 is 24.2 Å². The number of unbranched alkanes of at least 4 members (excludes halogenated alkanes) is 1. The topological polar surface area (TPSA) is 80.7 Å². The first-order valence-electron chi connectivity index (χ1n) is 5.78. The van der Waals surface area contributed by atoms with E-state index >= 15 is 0 Å². The highest BCUT2D eigenvalue weighted by Crippen LogP contribution is 1.74. The van der Waals surface area contributed by atoms with Crippen LogP contribution in [0.25, 0.3) is 0 Å². The molecule has 1 N–H and O–H groups in total. The fourth-order valence-electron chi connectivity index (χ4n) is 0.118. The average molecular weight is 520 g/mol. The highest BCUT2D eigenvalue weighted by molar-refractivity contribution is 14.1. The fourth-order valence-corrected chi connectivity index (χ4v) is 0.118. The van der Waals surface area contributed by atoms with Crippen molar-refractivity contribution in [3.8, 4) is 0 Å². The number of hydrogen-bond donors (Lipinski definition) is 1. The molecule has 0 aliphatic carbocycles. The molecule has 0 aliphatic rings. The monoisotopic (exact) mass is 520 g/mol. The first-order valence-corrected chi connectivity index (χ1v) is 9.46. The Balaban J connectivity index is -0.0000000308. The van der Waals surface area contributed by atoms with Gasteiger partial charge in [0.05, 0.1) is 7.11 Å². The van der Waals surface area contributed by atoms with Crippen LogP contribution in [0.4, 0.5) is 0 Å². The summed E-state index contributed by atoms with van der Waals surface area (Å²) in [6, 6.07) is 0. The van der Waals surface area contributed by atoms with Gasteiger partial charge in [-0.25, -0.2) is 0 Å². The van der Waals surface area contributed by atoms with Crippen LogP contribution in [0.5, 0.6) is 0 Å². The molecule has 0 amide bonds. The second-order valence-electron chi connectivity index (χ2n) is 2.15. The summed E-state index contributed by atoms with van der Waals surface area (Å²) >= 11 is 4.44. The van der Waals surface area contributed by atoms with Gasteiger partial charge in [0.25, 0.3) is 0 Å². The number of carbonyl (C=O) groups excluding carboxylic acids is 3. The predicted octanol–water partition coefficient (Wildman–Crippen LogP) is 3.47. The van der Waals surface area contributed by atoms with E-state index in [1.807, 2.05) is 11.9 Å². The largest absolute Gasteiger partial charge is 0.469 e. The van der Waals surface area contributed by atoms with Gasteiger partial charge in [0, 0.05) is 20.5 Å². The molecule has 126 valence electrons. The zero-order valence-electron chi connectivity index (χ0n) is 13.6. The standard InChI is InChI=1S/C4H8O.C3H6O2.C2H5I.C2H4O.CH3I.CH4O/c1-2-3-4-5;1-3(4)5-2;2*1-2-3;2*1-2/h4H,2-3H2,1H3;1-2H3;2H2,1H3;2H,1H3;1H3;2H,1H3. The number of rotatable bonds is 2. The fraction of sp³-hybridized carbons (Fsp3) is 0.769. The average Bonchev–Trinajstić information content (AvgIpc) is 2.46. The van der Waals surface area contributed by atoms with Crippen molar-refractivity contribution in [2.45, 2.75) is 40.5 Å². The van der Waals surface area contributed by atoms with Gasteiger partial charge in [-0.05, 0) is 22.7 Å². The number of methoxy groups -OCH3 is 1. The molecule has 0 saturated heterocycles. The summed E-state index contributed by atoms with van der Waals surface area (Å²) in [4.78, 5) is 29.8. The van der Waals surface area contributed by atoms with Crippen molar-refractivity contribution in [3.63, 3.8) is 0 Å². The van der Waals surface area contributed by atoms with Gasteiger partial charge >= 0.3 is 5.97 Å². The number of halogens is 2. The second-order valence-corrected chi connectivity index (χ2v) is 3.68. The lowest BCUT2D eigenvalue weighted by molar-refractivity contribution is -0.138. The first kappa shape index (κ1) is 36.9. The van der Waals surface area contributed by atoms with Crippen LogP contribution in [0.15, 0.2) is 0 Å². The summed E-state index contributed by atoms with van der Waals surface area (Å²) in [6.07, 6.45) is 3.36. The van der Waals surface area contributed by atoms with Gasteiger partial charge < -0.3 is 19.4 Å². The van der Waals surface area contributed by atoms with Crippen LogP contribution in [-0.4, -0.2) is 47.2 Å². The second kappa shape index (κ2) is 75.0. The minimum Gasteiger partial charge on any atom is -0.469 e.